The topological polar surface area (TPSA) is 78.9 Å². The van der Waals surface area contributed by atoms with Crippen LogP contribution in [-0.4, -0.2) is 37.2 Å². The molecule has 0 bridgehead atoms. The van der Waals surface area contributed by atoms with E-state index in [-0.39, 0.29) is 37.5 Å². The van der Waals surface area contributed by atoms with Crippen LogP contribution in [0.2, 0.25) is 0 Å². The Morgan fingerprint density at radius 1 is 0.333 bits per heavy atom. The van der Waals surface area contributed by atoms with Crippen LogP contribution in [0.5, 0.6) is 0 Å². The number of allylic oxidation sites excluding steroid dienone is 14. The average molecular weight is 877 g/mol. The van der Waals surface area contributed by atoms with Gasteiger partial charge in [-0.1, -0.05) is 215 Å². The Labute approximate surface area is 388 Å². The monoisotopic (exact) mass is 877 g/mol. The summed E-state index contributed by atoms with van der Waals surface area (Å²) in [7, 11) is 0. The van der Waals surface area contributed by atoms with E-state index in [0.29, 0.717) is 19.3 Å². The Kier molecular flexibility index (Phi) is 48.5. The highest BCUT2D eigenvalue weighted by Gasteiger charge is 2.19. The van der Waals surface area contributed by atoms with Crippen molar-refractivity contribution in [2.45, 2.75) is 245 Å². The number of unbranched alkanes of at least 4 members (excludes halogenated alkanes) is 25. The van der Waals surface area contributed by atoms with Gasteiger partial charge in [-0.15, -0.1) is 0 Å². The van der Waals surface area contributed by atoms with Gasteiger partial charge in [0.15, 0.2) is 6.10 Å². The molecule has 6 nitrogen and oxygen atoms in total. The van der Waals surface area contributed by atoms with Crippen LogP contribution >= 0.6 is 0 Å². The summed E-state index contributed by atoms with van der Waals surface area (Å²) in [5.74, 6) is -0.961. The minimum Gasteiger partial charge on any atom is -0.462 e. The smallest absolute Gasteiger partial charge is 0.306 e. The van der Waals surface area contributed by atoms with E-state index < -0.39 is 6.10 Å². The zero-order valence-electron chi connectivity index (χ0n) is 41.1. The van der Waals surface area contributed by atoms with E-state index in [4.69, 9.17) is 14.2 Å². The van der Waals surface area contributed by atoms with Gasteiger partial charge >= 0.3 is 17.9 Å². The summed E-state index contributed by atoms with van der Waals surface area (Å²) in [6.07, 6.45) is 65.7. The fourth-order valence-corrected chi connectivity index (χ4v) is 7.04. The summed E-state index contributed by atoms with van der Waals surface area (Å²) in [5, 5.41) is 0. The van der Waals surface area contributed by atoms with Crippen LogP contribution in [0, 0.1) is 0 Å². The standard InChI is InChI=1S/C57H96O6/c1-4-7-10-13-16-19-22-25-27-28-29-31-32-35-38-41-44-47-50-56(59)62-53-54(52-61-55(58)49-46-43-40-37-34-24-21-18-15-12-9-6-3)63-57(60)51-48-45-42-39-36-33-30-26-23-20-17-14-11-8-5-2/h8,11,14,17-18,20-21,23,26,29-31,33,36,54H,4-7,9-10,12-13,15-16,19,22,24-25,27-28,32,34-35,37-53H2,1-3H3/b11-8-,17-14-,21-18-,23-20-,30-26-,31-29-,36-33-. The normalized spacial score (nSPS) is 12.7. The predicted octanol–water partition coefficient (Wildman–Crippen LogP) is 17.2. The molecule has 0 spiro atoms. The van der Waals surface area contributed by atoms with E-state index in [9.17, 15) is 14.4 Å². The molecule has 0 aromatic heterocycles. The third-order valence-electron chi connectivity index (χ3n) is 11.0. The molecule has 0 rings (SSSR count). The van der Waals surface area contributed by atoms with Crippen LogP contribution < -0.4 is 0 Å². The SMILES string of the molecule is CC\C=C/C=C\C=C/C=C\C=C/CCCCCC(=O)OC(COC(=O)CCCCCCC/C=C\CCCCC)COC(=O)CCCCCCC/C=C\CCCCCCCCCCC. The quantitative estimate of drug-likeness (QED) is 0.0199. The van der Waals surface area contributed by atoms with Gasteiger partial charge in [-0.25, -0.2) is 0 Å². The highest BCUT2D eigenvalue weighted by Crippen LogP contribution is 2.14. The first kappa shape index (κ1) is 59.6. The van der Waals surface area contributed by atoms with Gasteiger partial charge in [0, 0.05) is 19.3 Å². The number of carbonyl (C=O) groups excluding carboxylic acids is 3. The van der Waals surface area contributed by atoms with Crippen molar-refractivity contribution in [3.63, 3.8) is 0 Å². The van der Waals surface area contributed by atoms with Crippen LogP contribution in [-0.2, 0) is 28.6 Å². The van der Waals surface area contributed by atoms with E-state index in [1.165, 1.54) is 109 Å². The van der Waals surface area contributed by atoms with Gasteiger partial charge in [-0.2, -0.15) is 0 Å². The molecule has 1 unspecified atom stereocenters. The summed E-state index contributed by atoms with van der Waals surface area (Å²) in [5.41, 5.74) is 0. The number of rotatable bonds is 46. The highest BCUT2D eigenvalue weighted by atomic mass is 16.6. The summed E-state index contributed by atoms with van der Waals surface area (Å²) in [4.78, 5) is 38.0. The second-order valence-corrected chi connectivity index (χ2v) is 17.2. The van der Waals surface area contributed by atoms with Crippen molar-refractivity contribution in [3.05, 3.63) is 85.1 Å². The molecule has 0 heterocycles. The van der Waals surface area contributed by atoms with Crippen molar-refractivity contribution < 1.29 is 28.6 Å². The van der Waals surface area contributed by atoms with E-state index in [0.717, 1.165) is 83.5 Å². The minimum atomic E-state index is -0.805. The largest absolute Gasteiger partial charge is 0.462 e. The summed E-state index contributed by atoms with van der Waals surface area (Å²) < 4.78 is 16.7. The number of esters is 3. The van der Waals surface area contributed by atoms with Gasteiger partial charge in [0.25, 0.3) is 0 Å². The summed E-state index contributed by atoms with van der Waals surface area (Å²) in [6.45, 7) is 6.42. The molecule has 0 fully saturated rings. The van der Waals surface area contributed by atoms with Crippen LogP contribution in [0.3, 0.4) is 0 Å². The maximum Gasteiger partial charge on any atom is 0.306 e. The zero-order chi connectivity index (χ0) is 45.8. The van der Waals surface area contributed by atoms with Gasteiger partial charge in [0.2, 0.25) is 0 Å². The maximum absolute atomic E-state index is 12.8. The number of hydrogen-bond donors (Lipinski definition) is 0. The van der Waals surface area contributed by atoms with Crippen LogP contribution in [0.15, 0.2) is 85.1 Å². The van der Waals surface area contributed by atoms with E-state index >= 15 is 0 Å². The second-order valence-electron chi connectivity index (χ2n) is 17.2. The first-order valence-corrected chi connectivity index (χ1v) is 26.2. The Hall–Kier alpha value is -3.41. The number of hydrogen-bond acceptors (Lipinski definition) is 6. The lowest BCUT2D eigenvalue weighted by molar-refractivity contribution is -0.167. The number of carbonyl (C=O) groups is 3. The molecule has 0 saturated heterocycles. The second kappa shape index (κ2) is 51.2. The van der Waals surface area contributed by atoms with Gasteiger partial charge in [0.1, 0.15) is 13.2 Å². The van der Waals surface area contributed by atoms with Crippen molar-refractivity contribution in [2.75, 3.05) is 13.2 Å². The molecule has 0 aliphatic carbocycles. The molecule has 0 N–H and O–H groups in total. The third-order valence-corrected chi connectivity index (χ3v) is 11.0. The lowest BCUT2D eigenvalue weighted by atomic mass is 10.1. The van der Waals surface area contributed by atoms with Crippen molar-refractivity contribution in [1.29, 1.82) is 0 Å². The molecule has 1 atom stereocenters. The molecule has 0 amide bonds. The van der Waals surface area contributed by atoms with Gasteiger partial charge in [0.05, 0.1) is 0 Å². The molecule has 0 aliphatic rings. The molecular weight excluding hydrogens is 781 g/mol. The fourth-order valence-electron chi connectivity index (χ4n) is 7.04. The molecule has 0 aliphatic heterocycles. The lowest BCUT2D eigenvalue weighted by Gasteiger charge is -2.18. The van der Waals surface area contributed by atoms with E-state index in [2.05, 4.69) is 57.2 Å². The first-order chi connectivity index (χ1) is 31.0. The molecular formula is C57H96O6. The van der Waals surface area contributed by atoms with Crippen LogP contribution in [0.25, 0.3) is 0 Å². The highest BCUT2D eigenvalue weighted by molar-refractivity contribution is 5.71. The van der Waals surface area contributed by atoms with E-state index in [1.54, 1.807) is 0 Å². The molecule has 0 radical (unpaired) electrons. The van der Waals surface area contributed by atoms with Crippen molar-refractivity contribution in [3.8, 4) is 0 Å². The van der Waals surface area contributed by atoms with E-state index in [1.807, 2.05) is 48.6 Å². The predicted molar refractivity (Wildman–Crippen MR) is 270 cm³/mol. The first-order valence-electron chi connectivity index (χ1n) is 26.2. The third kappa shape index (κ3) is 49.5. The Morgan fingerprint density at radius 2 is 0.635 bits per heavy atom. The lowest BCUT2D eigenvalue weighted by Crippen LogP contribution is -2.30. The van der Waals surface area contributed by atoms with Gasteiger partial charge in [-0.05, 0) is 89.9 Å². The average Bonchev–Trinajstić information content (AvgIpc) is 3.28. The minimum absolute atomic E-state index is 0.101. The Balaban J connectivity index is 4.45. The maximum atomic E-state index is 12.8. The Bertz CT molecular complexity index is 1240. The zero-order valence-corrected chi connectivity index (χ0v) is 41.1. The van der Waals surface area contributed by atoms with Crippen molar-refractivity contribution in [2.24, 2.45) is 0 Å². The Morgan fingerprint density at radius 3 is 1.06 bits per heavy atom. The molecule has 0 aromatic carbocycles. The van der Waals surface area contributed by atoms with Crippen LogP contribution in [0.4, 0.5) is 0 Å². The van der Waals surface area contributed by atoms with Gasteiger partial charge in [-0.3, -0.25) is 14.4 Å². The summed E-state index contributed by atoms with van der Waals surface area (Å²) >= 11 is 0. The molecule has 63 heavy (non-hydrogen) atoms. The molecule has 360 valence electrons. The molecule has 6 heteroatoms. The number of ether oxygens (including phenoxy) is 3. The van der Waals surface area contributed by atoms with Crippen molar-refractivity contribution in [1.82, 2.24) is 0 Å². The summed E-state index contributed by atoms with van der Waals surface area (Å²) in [6, 6.07) is 0. The van der Waals surface area contributed by atoms with Gasteiger partial charge < -0.3 is 14.2 Å². The van der Waals surface area contributed by atoms with Crippen LogP contribution in [0.1, 0.15) is 239 Å². The van der Waals surface area contributed by atoms with Crippen molar-refractivity contribution >= 4 is 17.9 Å². The molecule has 0 aromatic rings. The fraction of sp³-hybridized carbons (Fsp3) is 0.702. The molecule has 0 saturated carbocycles.